The predicted molar refractivity (Wildman–Crippen MR) is 99.2 cm³/mol. The van der Waals surface area contributed by atoms with Gasteiger partial charge in [0.15, 0.2) is 0 Å². The van der Waals surface area contributed by atoms with E-state index in [4.69, 9.17) is 0 Å². The molecule has 0 unspecified atom stereocenters. The fourth-order valence-corrected chi connectivity index (χ4v) is 4.76. The van der Waals surface area contributed by atoms with Crippen LogP contribution in [0.25, 0.3) is 0 Å². The van der Waals surface area contributed by atoms with Gasteiger partial charge < -0.3 is 4.90 Å². The van der Waals surface area contributed by atoms with Crippen molar-refractivity contribution in [3.63, 3.8) is 0 Å². The summed E-state index contributed by atoms with van der Waals surface area (Å²) in [6.45, 7) is 5.22. The zero-order chi connectivity index (χ0) is 17.3. The molecule has 2 fully saturated rings. The number of aromatic nitrogens is 1. The largest absolute Gasteiger partial charge is 0.343 e. The van der Waals surface area contributed by atoms with E-state index in [2.05, 4.69) is 37.7 Å². The highest BCUT2D eigenvalue weighted by atomic mass is 32.1. The molecule has 2 aliphatic heterocycles. The Kier molecular flexibility index (Phi) is 4.58. The molecule has 1 amide bonds. The maximum Gasteiger partial charge on any atom is 0.244 e. The summed E-state index contributed by atoms with van der Waals surface area (Å²) in [4.78, 5) is 24.1. The molecule has 25 heavy (non-hydrogen) atoms. The molecule has 2 aliphatic rings. The van der Waals surface area contributed by atoms with Crippen LogP contribution in [0.15, 0.2) is 41.4 Å². The lowest BCUT2D eigenvalue weighted by Crippen LogP contribution is -2.65. The Hall–Kier alpha value is -1.76. The number of piperazine rings is 1. The van der Waals surface area contributed by atoms with E-state index in [9.17, 15) is 4.79 Å². The molecule has 4 rings (SSSR count). The molecule has 0 bridgehead atoms. The standard InChI is InChI=1S/C19H24N4OS/c1-21-8-9-23(13-16-3-2-6-20-11-16)19(18(21)24)5-7-22(15-19)12-17-4-10-25-14-17/h2-4,6,10-11,14H,5,7-9,12-13,15H2,1H3/t19-/m0/s1. The Morgan fingerprint density at radius 1 is 1.20 bits per heavy atom. The molecule has 2 aromatic rings. The third kappa shape index (κ3) is 3.21. The fraction of sp³-hybridized carbons (Fsp3) is 0.474. The quantitative estimate of drug-likeness (QED) is 0.841. The van der Waals surface area contributed by atoms with Gasteiger partial charge >= 0.3 is 0 Å². The first-order chi connectivity index (χ1) is 12.2. The Morgan fingerprint density at radius 3 is 2.88 bits per heavy atom. The lowest BCUT2D eigenvalue weighted by Gasteiger charge is -2.46. The maximum absolute atomic E-state index is 13.1. The smallest absolute Gasteiger partial charge is 0.244 e. The van der Waals surface area contributed by atoms with Gasteiger partial charge in [0.25, 0.3) is 0 Å². The average Bonchev–Trinajstić information content (AvgIpc) is 3.28. The second-order valence-corrected chi connectivity index (χ2v) is 7.91. The minimum absolute atomic E-state index is 0.274. The molecule has 2 saturated heterocycles. The zero-order valence-electron chi connectivity index (χ0n) is 14.6. The maximum atomic E-state index is 13.1. The van der Waals surface area contributed by atoms with Crippen LogP contribution in [-0.2, 0) is 17.9 Å². The van der Waals surface area contributed by atoms with Crippen LogP contribution in [-0.4, -0.2) is 64.4 Å². The van der Waals surface area contributed by atoms with Gasteiger partial charge in [-0.3, -0.25) is 19.6 Å². The van der Waals surface area contributed by atoms with E-state index in [1.807, 2.05) is 24.2 Å². The van der Waals surface area contributed by atoms with Gasteiger partial charge in [-0.05, 0) is 40.4 Å². The molecule has 6 heteroatoms. The van der Waals surface area contributed by atoms with Crippen LogP contribution in [0.5, 0.6) is 0 Å². The minimum Gasteiger partial charge on any atom is -0.343 e. The number of nitrogens with zero attached hydrogens (tertiary/aromatic N) is 4. The third-order valence-corrected chi connectivity index (χ3v) is 6.20. The van der Waals surface area contributed by atoms with Gasteiger partial charge in [0.2, 0.25) is 5.91 Å². The molecular formula is C19H24N4OS. The van der Waals surface area contributed by atoms with Crippen LogP contribution in [0.3, 0.4) is 0 Å². The van der Waals surface area contributed by atoms with Crippen molar-refractivity contribution >= 4 is 17.2 Å². The number of hydrogen-bond donors (Lipinski definition) is 0. The van der Waals surface area contributed by atoms with Crippen LogP contribution >= 0.6 is 11.3 Å². The summed E-state index contributed by atoms with van der Waals surface area (Å²) >= 11 is 1.73. The molecule has 2 aromatic heterocycles. The molecule has 1 spiro atoms. The monoisotopic (exact) mass is 356 g/mol. The van der Waals surface area contributed by atoms with Crippen molar-refractivity contribution in [1.82, 2.24) is 19.7 Å². The van der Waals surface area contributed by atoms with Gasteiger partial charge in [-0.15, -0.1) is 0 Å². The number of hydrogen-bond acceptors (Lipinski definition) is 5. The van der Waals surface area contributed by atoms with Gasteiger partial charge in [0, 0.05) is 58.7 Å². The van der Waals surface area contributed by atoms with E-state index >= 15 is 0 Å². The van der Waals surface area contributed by atoms with Crippen molar-refractivity contribution in [2.45, 2.75) is 25.0 Å². The summed E-state index contributed by atoms with van der Waals surface area (Å²) < 4.78 is 0. The first-order valence-electron chi connectivity index (χ1n) is 8.80. The van der Waals surface area contributed by atoms with Gasteiger partial charge in [-0.1, -0.05) is 6.07 Å². The second kappa shape index (κ2) is 6.86. The van der Waals surface area contributed by atoms with E-state index in [-0.39, 0.29) is 5.91 Å². The summed E-state index contributed by atoms with van der Waals surface area (Å²) in [7, 11) is 1.94. The molecule has 132 valence electrons. The number of likely N-dealkylation sites (tertiary alicyclic amines) is 1. The fourth-order valence-electron chi connectivity index (χ4n) is 4.10. The molecular weight excluding hydrogens is 332 g/mol. The van der Waals surface area contributed by atoms with Crippen LogP contribution in [0.4, 0.5) is 0 Å². The first-order valence-corrected chi connectivity index (χ1v) is 9.75. The Balaban J connectivity index is 1.55. The molecule has 0 N–H and O–H groups in total. The zero-order valence-corrected chi connectivity index (χ0v) is 15.4. The van der Waals surface area contributed by atoms with Crippen LogP contribution in [0.1, 0.15) is 17.5 Å². The van der Waals surface area contributed by atoms with Crippen molar-refractivity contribution in [3.8, 4) is 0 Å². The average molecular weight is 356 g/mol. The molecule has 0 radical (unpaired) electrons. The molecule has 5 nitrogen and oxygen atoms in total. The summed E-state index contributed by atoms with van der Waals surface area (Å²) in [6.07, 6.45) is 4.61. The highest BCUT2D eigenvalue weighted by Gasteiger charge is 2.52. The molecule has 0 saturated carbocycles. The third-order valence-electron chi connectivity index (χ3n) is 5.46. The number of pyridine rings is 1. The number of thiophene rings is 1. The topological polar surface area (TPSA) is 39.7 Å². The highest BCUT2D eigenvalue weighted by Crippen LogP contribution is 2.34. The molecule has 1 atom stereocenters. The number of carbonyl (C=O) groups is 1. The normalized spacial score (nSPS) is 25.2. The van der Waals surface area contributed by atoms with E-state index in [1.165, 1.54) is 11.1 Å². The van der Waals surface area contributed by atoms with Gasteiger partial charge in [-0.25, -0.2) is 0 Å². The van der Waals surface area contributed by atoms with E-state index in [0.717, 1.165) is 45.7 Å². The van der Waals surface area contributed by atoms with Crippen LogP contribution in [0.2, 0.25) is 0 Å². The Morgan fingerprint density at radius 2 is 2.12 bits per heavy atom. The van der Waals surface area contributed by atoms with Crippen molar-refractivity contribution in [3.05, 3.63) is 52.5 Å². The van der Waals surface area contributed by atoms with Crippen molar-refractivity contribution in [2.24, 2.45) is 0 Å². The molecule has 0 aliphatic carbocycles. The van der Waals surface area contributed by atoms with Crippen molar-refractivity contribution in [1.29, 1.82) is 0 Å². The van der Waals surface area contributed by atoms with Gasteiger partial charge in [0.1, 0.15) is 5.54 Å². The van der Waals surface area contributed by atoms with Crippen LogP contribution in [0, 0.1) is 0 Å². The Labute approximate surface area is 152 Å². The van der Waals surface area contributed by atoms with E-state index < -0.39 is 5.54 Å². The lowest BCUT2D eigenvalue weighted by atomic mass is 9.91. The van der Waals surface area contributed by atoms with Gasteiger partial charge in [0.05, 0.1) is 0 Å². The lowest BCUT2D eigenvalue weighted by molar-refractivity contribution is -0.149. The van der Waals surface area contributed by atoms with Crippen molar-refractivity contribution < 1.29 is 4.79 Å². The highest BCUT2D eigenvalue weighted by molar-refractivity contribution is 7.07. The SMILES string of the molecule is CN1CCN(Cc2cccnc2)[C@]2(CCN(Cc3ccsc3)C2)C1=O. The number of amides is 1. The Bertz CT molecular complexity index is 720. The minimum atomic E-state index is -0.390. The summed E-state index contributed by atoms with van der Waals surface area (Å²) in [5.74, 6) is 0.274. The summed E-state index contributed by atoms with van der Waals surface area (Å²) in [5.41, 5.74) is 2.13. The van der Waals surface area contributed by atoms with Gasteiger partial charge in [-0.2, -0.15) is 11.3 Å². The second-order valence-electron chi connectivity index (χ2n) is 7.13. The van der Waals surface area contributed by atoms with Crippen LogP contribution < -0.4 is 0 Å². The molecule has 0 aromatic carbocycles. The summed E-state index contributed by atoms with van der Waals surface area (Å²) in [6, 6.07) is 6.25. The number of likely N-dealkylation sites (N-methyl/N-ethyl adjacent to an activating group) is 1. The predicted octanol–water partition coefficient (Wildman–Crippen LogP) is 2.06. The number of rotatable bonds is 4. The van der Waals surface area contributed by atoms with E-state index in [0.29, 0.717) is 0 Å². The summed E-state index contributed by atoms with van der Waals surface area (Å²) in [5, 5.41) is 4.32. The number of carbonyl (C=O) groups excluding carboxylic acids is 1. The van der Waals surface area contributed by atoms with E-state index in [1.54, 1.807) is 17.5 Å². The first kappa shape index (κ1) is 16.7. The van der Waals surface area contributed by atoms with Crippen molar-refractivity contribution in [2.75, 3.05) is 33.2 Å². The molecule has 4 heterocycles.